The van der Waals surface area contributed by atoms with Crippen molar-refractivity contribution < 1.29 is 4.74 Å². The Hall–Kier alpha value is -1.76. The third-order valence-electron chi connectivity index (χ3n) is 2.55. The molecule has 0 aliphatic heterocycles. The first-order valence-corrected chi connectivity index (χ1v) is 5.51. The second kappa shape index (κ2) is 5.05. The summed E-state index contributed by atoms with van der Waals surface area (Å²) in [4.78, 5) is 0. The Morgan fingerprint density at radius 2 is 2.24 bits per heavy atom. The number of nitrogens with zero attached hydrogens (tertiary/aromatic N) is 5. The molecule has 0 aromatic carbocycles. The molecule has 1 N–H and O–H groups in total. The molecule has 0 aliphatic carbocycles. The van der Waals surface area contributed by atoms with Crippen molar-refractivity contribution in [1.29, 1.82) is 0 Å². The molecule has 0 saturated carbocycles. The second-order valence-corrected chi connectivity index (χ2v) is 4.20. The van der Waals surface area contributed by atoms with E-state index in [1.54, 1.807) is 7.11 Å². The van der Waals surface area contributed by atoms with Gasteiger partial charge in [0.15, 0.2) is 5.65 Å². The SMILES string of the molecule is COCC(Nc1ccc2nnnn2n1)C(C)C. The molecule has 17 heavy (non-hydrogen) atoms. The molecular formula is C10H16N6O. The van der Waals surface area contributed by atoms with Gasteiger partial charge in [-0.25, -0.2) is 0 Å². The Balaban J connectivity index is 2.15. The lowest BCUT2D eigenvalue weighted by atomic mass is 10.1. The van der Waals surface area contributed by atoms with Crippen molar-refractivity contribution in [3.63, 3.8) is 0 Å². The van der Waals surface area contributed by atoms with Crippen LogP contribution in [0.4, 0.5) is 5.82 Å². The molecule has 0 bridgehead atoms. The molecule has 2 heterocycles. The van der Waals surface area contributed by atoms with Crippen LogP contribution in [-0.2, 0) is 4.74 Å². The fraction of sp³-hybridized carbons (Fsp3) is 0.600. The van der Waals surface area contributed by atoms with E-state index in [9.17, 15) is 0 Å². The number of rotatable bonds is 5. The van der Waals surface area contributed by atoms with Gasteiger partial charge in [0, 0.05) is 7.11 Å². The van der Waals surface area contributed by atoms with Gasteiger partial charge in [-0.3, -0.25) is 0 Å². The Morgan fingerprint density at radius 3 is 2.94 bits per heavy atom. The van der Waals surface area contributed by atoms with Crippen molar-refractivity contribution in [2.24, 2.45) is 5.92 Å². The largest absolute Gasteiger partial charge is 0.383 e. The number of anilines is 1. The Morgan fingerprint density at radius 1 is 1.41 bits per heavy atom. The van der Waals surface area contributed by atoms with Crippen molar-refractivity contribution in [1.82, 2.24) is 25.3 Å². The zero-order valence-electron chi connectivity index (χ0n) is 10.2. The topological polar surface area (TPSA) is 77.2 Å². The number of hydrogen-bond donors (Lipinski definition) is 1. The number of ether oxygens (including phenoxy) is 1. The maximum atomic E-state index is 5.17. The van der Waals surface area contributed by atoms with E-state index >= 15 is 0 Å². The summed E-state index contributed by atoms with van der Waals surface area (Å²) in [6, 6.07) is 3.89. The molecule has 2 rings (SSSR count). The van der Waals surface area contributed by atoms with Crippen LogP contribution >= 0.6 is 0 Å². The van der Waals surface area contributed by atoms with Crippen LogP contribution in [0.2, 0.25) is 0 Å². The van der Waals surface area contributed by atoms with Crippen molar-refractivity contribution in [2.75, 3.05) is 19.0 Å². The Bertz CT molecular complexity index is 482. The zero-order chi connectivity index (χ0) is 12.3. The molecule has 0 spiro atoms. The van der Waals surface area contributed by atoms with Crippen molar-refractivity contribution >= 4 is 11.5 Å². The highest BCUT2D eigenvalue weighted by atomic mass is 16.5. The smallest absolute Gasteiger partial charge is 0.200 e. The van der Waals surface area contributed by atoms with Crippen molar-refractivity contribution in [3.05, 3.63) is 12.1 Å². The first kappa shape index (κ1) is 11.7. The lowest BCUT2D eigenvalue weighted by Crippen LogP contribution is -2.31. The van der Waals surface area contributed by atoms with E-state index in [0.29, 0.717) is 18.2 Å². The summed E-state index contributed by atoms with van der Waals surface area (Å²) < 4.78 is 6.57. The summed E-state index contributed by atoms with van der Waals surface area (Å²) in [6.45, 7) is 4.89. The summed E-state index contributed by atoms with van der Waals surface area (Å²) in [6.07, 6.45) is 0. The number of methoxy groups -OCH3 is 1. The van der Waals surface area contributed by atoms with Gasteiger partial charge in [0.05, 0.1) is 12.6 Å². The van der Waals surface area contributed by atoms with Gasteiger partial charge in [0.2, 0.25) is 0 Å². The number of fused-ring (bicyclic) bond motifs is 1. The highest BCUT2D eigenvalue weighted by Crippen LogP contribution is 2.10. The van der Waals surface area contributed by atoms with E-state index in [2.05, 4.69) is 39.8 Å². The number of nitrogens with one attached hydrogen (secondary N) is 1. The third kappa shape index (κ3) is 2.68. The summed E-state index contributed by atoms with van der Waals surface area (Å²) >= 11 is 0. The molecule has 0 fully saturated rings. The van der Waals surface area contributed by atoms with Crippen LogP contribution in [0, 0.1) is 5.92 Å². The molecule has 0 saturated heterocycles. The predicted octanol–water partition coefficient (Wildman–Crippen LogP) is 0.602. The lowest BCUT2D eigenvalue weighted by molar-refractivity contribution is 0.171. The van der Waals surface area contributed by atoms with E-state index < -0.39 is 0 Å². The normalized spacial score (nSPS) is 13.2. The van der Waals surface area contributed by atoms with Crippen molar-refractivity contribution in [3.8, 4) is 0 Å². The predicted molar refractivity (Wildman–Crippen MR) is 62.7 cm³/mol. The van der Waals surface area contributed by atoms with Crippen LogP contribution in [0.5, 0.6) is 0 Å². The van der Waals surface area contributed by atoms with E-state index in [4.69, 9.17) is 4.74 Å². The van der Waals surface area contributed by atoms with Crippen molar-refractivity contribution in [2.45, 2.75) is 19.9 Å². The van der Waals surface area contributed by atoms with Crippen LogP contribution in [0.1, 0.15) is 13.8 Å². The summed E-state index contributed by atoms with van der Waals surface area (Å²) in [5, 5.41) is 18.7. The highest BCUT2D eigenvalue weighted by Gasteiger charge is 2.13. The number of aromatic nitrogens is 5. The Labute approximate surface area is 99.2 Å². The average Bonchev–Trinajstić information content (AvgIpc) is 2.75. The minimum absolute atomic E-state index is 0.210. The van der Waals surface area contributed by atoms with Gasteiger partial charge in [-0.15, -0.1) is 14.8 Å². The summed E-state index contributed by atoms with van der Waals surface area (Å²) in [5.41, 5.74) is 0.628. The zero-order valence-corrected chi connectivity index (χ0v) is 10.2. The van der Waals surface area contributed by atoms with Gasteiger partial charge in [-0.05, 0) is 28.5 Å². The minimum Gasteiger partial charge on any atom is -0.383 e. The Kier molecular flexibility index (Phi) is 3.48. The van der Waals surface area contributed by atoms with Crippen LogP contribution in [0.25, 0.3) is 5.65 Å². The molecule has 7 heteroatoms. The molecule has 1 unspecified atom stereocenters. The van der Waals surface area contributed by atoms with Gasteiger partial charge in [0.25, 0.3) is 0 Å². The maximum Gasteiger partial charge on any atom is 0.200 e. The monoisotopic (exact) mass is 236 g/mol. The molecule has 2 aromatic heterocycles. The molecule has 0 radical (unpaired) electrons. The van der Waals surface area contributed by atoms with Gasteiger partial charge in [0.1, 0.15) is 5.82 Å². The molecule has 1 atom stereocenters. The van der Waals surface area contributed by atoms with E-state index in [-0.39, 0.29) is 6.04 Å². The van der Waals surface area contributed by atoms with Crippen LogP contribution in [0.15, 0.2) is 12.1 Å². The second-order valence-electron chi connectivity index (χ2n) is 4.20. The summed E-state index contributed by atoms with van der Waals surface area (Å²) in [7, 11) is 1.69. The minimum atomic E-state index is 0.210. The van der Waals surface area contributed by atoms with Crippen LogP contribution in [0.3, 0.4) is 0 Å². The number of hydrogen-bond acceptors (Lipinski definition) is 6. The molecule has 0 aliphatic rings. The van der Waals surface area contributed by atoms with Crippen LogP contribution < -0.4 is 5.32 Å². The van der Waals surface area contributed by atoms with E-state index in [0.717, 1.165) is 5.82 Å². The molecular weight excluding hydrogens is 220 g/mol. The van der Waals surface area contributed by atoms with E-state index in [1.807, 2.05) is 12.1 Å². The maximum absolute atomic E-state index is 5.17. The van der Waals surface area contributed by atoms with Crippen LogP contribution in [-0.4, -0.2) is 45.0 Å². The summed E-state index contributed by atoms with van der Waals surface area (Å²) in [5.74, 6) is 1.18. The molecule has 92 valence electrons. The van der Waals surface area contributed by atoms with Gasteiger partial charge < -0.3 is 10.1 Å². The van der Waals surface area contributed by atoms with E-state index in [1.165, 1.54) is 4.63 Å². The van der Waals surface area contributed by atoms with Gasteiger partial charge in [-0.2, -0.15) is 0 Å². The highest BCUT2D eigenvalue weighted by molar-refractivity contribution is 5.42. The standard InChI is InChI=1S/C10H16N6O/c1-7(2)8(6-17-3)11-9-4-5-10-12-14-15-16(10)13-9/h4-5,7-8H,6H2,1-3H3,(H,11,13). The third-order valence-corrected chi connectivity index (χ3v) is 2.55. The fourth-order valence-electron chi connectivity index (χ4n) is 1.50. The lowest BCUT2D eigenvalue weighted by Gasteiger charge is -2.21. The molecule has 0 amide bonds. The van der Waals surface area contributed by atoms with Gasteiger partial charge in [-0.1, -0.05) is 13.8 Å². The fourth-order valence-corrected chi connectivity index (χ4v) is 1.50. The first-order chi connectivity index (χ1) is 8.20. The average molecular weight is 236 g/mol. The van der Waals surface area contributed by atoms with Gasteiger partial charge >= 0.3 is 0 Å². The molecule has 7 nitrogen and oxygen atoms in total. The number of tetrazole rings is 1. The molecule has 2 aromatic rings. The first-order valence-electron chi connectivity index (χ1n) is 5.51. The quantitative estimate of drug-likeness (QED) is 0.819.